The molecular formula is C7H6ClNO2. The van der Waals surface area contributed by atoms with Crippen molar-refractivity contribution in [3.05, 3.63) is 33.7 Å². The van der Waals surface area contributed by atoms with Crippen LogP contribution in [0.25, 0.3) is 0 Å². The summed E-state index contributed by atoms with van der Waals surface area (Å²) in [5, 5.41) is 0. The number of carbonyl (C=O) groups excluding carboxylic acids is 1. The molecule has 11 heavy (non-hydrogen) atoms. The molecule has 0 amide bonds. The maximum absolute atomic E-state index is 10.9. The Morgan fingerprint density at radius 1 is 1.64 bits per heavy atom. The van der Waals surface area contributed by atoms with Crippen molar-refractivity contribution in [1.29, 1.82) is 0 Å². The molecule has 0 fully saturated rings. The zero-order valence-electron chi connectivity index (χ0n) is 5.63. The van der Waals surface area contributed by atoms with Crippen LogP contribution in [0, 0.1) is 0 Å². The summed E-state index contributed by atoms with van der Waals surface area (Å²) < 4.78 is 0. The van der Waals surface area contributed by atoms with E-state index in [2.05, 4.69) is 4.98 Å². The summed E-state index contributed by atoms with van der Waals surface area (Å²) in [4.78, 5) is 23.8. The highest BCUT2D eigenvalue weighted by atomic mass is 35.5. The second kappa shape index (κ2) is 3.34. The summed E-state index contributed by atoms with van der Waals surface area (Å²) in [6, 6.07) is 1.32. The molecule has 0 unspecified atom stereocenters. The van der Waals surface area contributed by atoms with Gasteiger partial charge in [0.25, 0.3) is 0 Å². The van der Waals surface area contributed by atoms with Crippen LogP contribution in [-0.2, 0) is 5.88 Å². The number of halogens is 1. The Labute approximate surface area is 68.0 Å². The van der Waals surface area contributed by atoms with Crippen LogP contribution >= 0.6 is 11.6 Å². The summed E-state index contributed by atoms with van der Waals surface area (Å²) in [7, 11) is 0. The molecule has 0 saturated carbocycles. The Kier molecular flexibility index (Phi) is 2.44. The number of H-pyrrole nitrogens is 1. The van der Waals surface area contributed by atoms with Crippen molar-refractivity contribution in [2.75, 3.05) is 0 Å². The number of hydrogen-bond donors (Lipinski definition) is 1. The lowest BCUT2D eigenvalue weighted by atomic mass is 10.3. The predicted octanol–water partition coefficient (Wildman–Crippen LogP) is 0.926. The normalized spacial score (nSPS) is 9.55. The molecule has 0 aromatic carbocycles. The van der Waals surface area contributed by atoms with Gasteiger partial charge in [-0.1, -0.05) is 0 Å². The van der Waals surface area contributed by atoms with Gasteiger partial charge in [0.15, 0.2) is 11.7 Å². The van der Waals surface area contributed by atoms with E-state index in [4.69, 9.17) is 11.6 Å². The Morgan fingerprint density at radius 2 is 2.36 bits per heavy atom. The number of rotatable bonds is 2. The van der Waals surface area contributed by atoms with Crippen LogP contribution in [0.1, 0.15) is 16.1 Å². The standard InChI is InChI=1S/C7H6ClNO2/c8-2-6-1-7(11)5(4-10)3-9-6/h1,3-4H,2H2,(H,9,11). The number of aromatic amines is 1. The number of hydrogen-bond acceptors (Lipinski definition) is 2. The Balaban J connectivity index is 3.20. The van der Waals surface area contributed by atoms with E-state index in [0.717, 1.165) is 0 Å². The zero-order chi connectivity index (χ0) is 8.27. The molecule has 1 N–H and O–H groups in total. The van der Waals surface area contributed by atoms with Gasteiger partial charge >= 0.3 is 0 Å². The van der Waals surface area contributed by atoms with Gasteiger partial charge in [-0.05, 0) is 0 Å². The Morgan fingerprint density at radius 3 is 2.82 bits per heavy atom. The molecule has 4 heteroatoms. The van der Waals surface area contributed by atoms with E-state index in [1.54, 1.807) is 0 Å². The first-order valence-corrected chi connectivity index (χ1v) is 3.54. The lowest BCUT2D eigenvalue weighted by Crippen LogP contribution is -2.08. The van der Waals surface area contributed by atoms with Gasteiger partial charge in [0.1, 0.15) is 0 Å². The molecule has 0 aliphatic heterocycles. The first-order chi connectivity index (χ1) is 5.27. The van der Waals surface area contributed by atoms with Crippen LogP contribution in [0.15, 0.2) is 17.1 Å². The molecule has 0 radical (unpaired) electrons. The fourth-order valence-corrected chi connectivity index (χ4v) is 0.848. The third-order valence-corrected chi connectivity index (χ3v) is 1.56. The molecule has 0 atom stereocenters. The van der Waals surface area contributed by atoms with Crippen molar-refractivity contribution in [2.45, 2.75) is 5.88 Å². The molecule has 0 bridgehead atoms. The van der Waals surface area contributed by atoms with Crippen LogP contribution in [0.5, 0.6) is 0 Å². The minimum absolute atomic E-state index is 0.124. The molecule has 1 aromatic rings. The van der Waals surface area contributed by atoms with Crippen molar-refractivity contribution in [3.8, 4) is 0 Å². The molecule has 1 heterocycles. The largest absolute Gasteiger partial charge is 0.363 e. The van der Waals surface area contributed by atoms with Crippen LogP contribution in [0.4, 0.5) is 0 Å². The van der Waals surface area contributed by atoms with Gasteiger partial charge < -0.3 is 4.98 Å². The van der Waals surface area contributed by atoms with E-state index in [1.807, 2.05) is 0 Å². The summed E-state index contributed by atoms with van der Waals surface area (Å²) in [5.74, 6) is 0.244. The fraction of sp³-hybridized carbons (Fsp3) is 0.143. The van der Waals surface area contributed by atoms with Gasteiger partial charge in [-0.25, -0.2) is 0 Å². The van der Waals surface area contributed by atoms with Crippen molar-refractivity contribution < 1.29 is 4.79 Å². The first kappa shape index (κ1) is 8.01. The van der Waals surface area contributed by atoms with E-state index >= 15 is 0 Å². The number of pyridine rings is 1. The van der Waals surface area contributed by atoms with Gasteiger partial charge in [0.2, 0.25) is 0 Å². The van der Waals surface area contributed by atoms with Crippen LogP contribution in [0.3, 0.4) is 0 Å². The lowest BCUT2D eigenvalue weighted by molar-refractivity contribution is 0.112. The molecule has 58 valence electrons. The molecule has 3 nitrogen and oxygen atoms in total. The smallest absolute Gasteiger partial charge is 0.192 e. The summed E-state index contributed by atoms with van der Waals surface area (Å²) in [6.07, 6.45) is 1.86. The van der Waals surface area contributed by atoms with Gasteiger partial charge in [-0.15, -0.1) is 11.6 Å². The van der Waals surface area contributed by atoms with E-state index in [1.165, 1.54) is 12.3 Å². The third kappa shape index (κ3) is 1.68. The molecule has 0 spiro atoms. The fourth-order valence-electron chi connectivity index (χ4n) is 0.694. The monoisotopic (exact) mass is 171 g/mol. The van der Waals surface area contributed by atoms with E-state index in [0.29, 0.717) is 12.0 Å². The summed E-state index contributed by atoms with van der Waals surface area (Å²) in [6.45, 7) is 0. The predicted molar refractivity (Wildman–Crippen MR) is 42.0 cm³/mol. The summed E-state index contributed by atoms with van der Waals surface area (Å²) >= 11 is 5.44. The quantitative estimate of drug-likeness (QED) is 0.532. The molecule has 0 saturated heterocycles. The average molecular weight is 172 g/mol. The number of nitrogens with one attached hydrogen (secondary N) is 1. The highest BCUT2D eigenvalue weighted by molar-refractivity contribution is 6.16. The zero-order valence-corrected chi connectivity index (χ0v) is 6.39. The van der Waals surface area contributed by atoms with Crippen molar-refractivity contribution in [1.82, 2.24) is 4.98 Å². The molecule has 0 aliphatic carbocycles. The minimum Gasteiger partial charge on any atom is -0.363 e. The number of carbonyl (C=O) groups is 1. The number of aldehydes is 1. The Bertz CT molecular complexity index is 318. The first-order valence-electron chi connectivity index (χ1n) is 3.00. The highest BCUT2D eigenvalue weighted by Gasteiger charge is 1.97. The van der Waals surface area contributed by atoms with Crippen molar-refractivity contribution in [2.24, 2.45) is 0 Å². The summed E-state index contributed by atoms with van der Waals surface area (Å²) in [5.41, 5.74) is 0.440. The third-order valence-electron chi connectivity index (χ3n) is 1.27. The van der Waals surface area contributed by atoms with Crippen molar-refractivity contribution >= 4 is 17.9 Å². The van der Waals surface area contributed by atoms with Gasteiger partial charge in [-0.2, -0.15) is 0 Å². The van der Waals surface area contributed by atoms with E-state index in [9.17, 15) is 9.59 Å². The van der Waals surface area contributed by atoms with Gasteiger partial charge in [0.05, 0.1) is 11.4 Å². The molecule has 0 aliphatic rings. The Hall–Kier alpha value is -1.09. The van der Waals surface area contributed by atoms with E-state index in [-0.39, 0.29) is 16.9 Å². The highest BCUT2D eigenvalue weighted by Crippen LogP contribution is 1.95. The van der Waals surface area contributed by atoms with Gasteiger partial charge in [0, 0.05) is 18.0 Å². The second-order valence-corrected chi connectivity index (χ2v) is 2.30. The molecule has 1 rings (SSSR count). The van der Waals surface area contributed by atoms with Crippen LogP contribution < -0.4 is 5.43 Å². The maximum atomic E-state index is 10.9. The number of aromatic nitrogens is 1. The molecular weight excluding hydrogens is 166 g/mol. The maximum Gasteiger partial charge on any atom is 0.192 e. The topological polar surface area (TPSA) is 49.9 Å². The van der Waals surface area contributed by atoms with Crippen LogP contribution in [-0.4, -0.2) is 11.3 Å². The van der Waals surface area contributed by atoms with Crippen molar-refractivity contribution in [3.63, 3.8) is 0 Å². The molecule has 1 aromatic heterocycles. The number of alkyl halides is 1. The average Bonchev–Trinajstić information content (AvgIpc) is 2.04. The van der Waals surface area contributed by atoms with E-state index < -0.39 is 0 Å². The lowest BCUT2D eigenvalue weighted by Gasteiger charge is -1.93. The minimum atomic E-state index is -0.297. The SMILES string of the molecule is O=Cc1c[nH]c(CCl)cc1=O. The van der Waals surface area contributed by atoms with Crippen LogP contribution in [0.2, 0.25) is 0 Å². The van der Waals surface area contributed by atoms with Gasteiger partial charge in [-0.3, -0.25) is 9.59 Å². The second-order valence-electron chi connectivity index (χ2n) is 2.03.